The van der Waals surface area contributed by atoms with Crippen LogP contribution in [0, 0.1) is 0 Å². The van der Waals surface area contributed by atoms with Crippen molar-refractivity contribution in [3.8, 4) is 0 Å². The smallest absolute Gasteiger partial charge is 0.148 e. The maximum absolute atomic E-state index is 11.0. The Kier molecular flexibility index (Phi) is 5.25. The molecule has 0 aromatic heterocycles. The molecule has 17 heavy (non-hydrogen) atoms. The average molecular weight is 296 g/mol. The molecular weight excluding hydrogens is 281 g/mol. The molecule has 1 atom stereocenters. The summed E-state index contributed by atoms with van der Waals surface area (Å²) in [5.41, 5.74) is 0.980. The topological polar surface area (TPSA) is 46.2 Å². The Hall–Kier alpha value is -0.290. The third-order valence-electron chi connectivity index (χ3n) is 2.37. The van der Waals surface area contributed by atoms with Crippen molar-refractivity contribution in [3.05, 3.63) is 33.8 Å². The first kappa shape index (κ1) is 14.8. The molecule has 3 nitrogen and oxygen atoms in total. The molecule has 0 saturated heterocycles. The maximum atomic E-state index is 11.0. The largest absolute Gasteiger partial charge is 0.309 e. The minimum Gasteiger partial charge on any atom is -0.309 e. The molecule has 0 radical (unpaired) electrons. The summed E-state index contributed by atoms with van der Waals surface area (Å²) < 4.78 is 21.9. The highest BCUT2D eigenvalue weighted by molar-refractivity contribution is 7.90. The molecule has 0 fully saturated rings. The van der Waals surface area contributed by atoms with Crippen LogP contribution < -0.4 is 5.32 Å². The van der Waals surface area contributed by atoms with Gasteiger partial charge in [0.2, 0.25) is 0 Å². The maximum Gasteiger partial charge on any atom is 0.148 e. The van der Waals surface area contributed by atoms with Crippen molar-refractivity contribution in [2.45, 2.75) is 13.0 Å². The Bertz CT molecular complexity index is 488. The first-order valence-electron chi connectivity index (χ1n) is 5.15. The molecule has 0 saturated carbocycles. The normalized spacial score (nSPS) is 13.6. The van der Waals surface area contributed by atoms with E-state index in [9.17, 15) is 8.42 Å². The first-order valence-corrected chi connectivity index (χ1v) is 7.97. The monoisotopic (exact) mass is 295 g/mol. The fourth-order valence-electron chi connectivity index (χ4n) is 1.36. The zero-order chi connectivity index (χ0) is 13.1. The van der Waals surface area contributed by atoms with E-state index in [0.717, 1.165) is 5.56 Å². The van der Waals surface area contributed by atoms with E-state index in [1.165, 1.54) is 6.26 Å². The first-order chi connectivity index (χ1) is 7.79. The Balaban J connectivity index is 2.58. The van der Waals surface area contributed by atoms with Gasteiger partial charge in [0.25, 0.3) is 0 Å². The van der Waals surface area contributed by atoms with Crippen LogP contribution in [-0.4, -0.2) is 27.0 Å². The van der Waals surface area contributed by atoms with E-state index in [1.807, 2.05) is 13.0 Å². The number of hydrogen-bond donors (Lipinski definition) is 1. The molecule has 0 spiro atoms. The van der Waals surface area contributed by atoms with Crippen molar-refractivity contribution in [1.29, 1.82) is 0 Å². The number of benzene rings is 1. The Morgan fingerprint density at radius 2 is 1.94 bits per heavy atom. The Labute approximate surface area is 112 Å². The molecule has 6 heteroatoms. The van der Waals surface area contributed by atoms with E-state index < -0.39 is 9.84 Å². The summed E-state index contributed by atoms with van der Waals surface area (Å²) in [5, 5.41) is 4.13. The molecule has 1 unspecified atom stereocenters. The van der Waals surface area contributed by atoms with Gasteiger partial charge in [0.15, 0.2) is 0 Å². The molecule has 0 aliphatic heterocycles. The summed E-state index contributed by atoms with van der Waals surface area (Å²) in [5.74, 6) is 0.124. The highest BCUT2D eigenvalue weighted by Crippen LogP contribution is 2.25. The van der Waals surface area contributed by atoms with Crippen molar-refractivity contribution < 1.29 is 8.42 Å². The number of hydrogen-bond acceptors (Lipinski definition) is 3. The highest BCUT2D eigenvalue weighted by Gasteiger charge is 2.08. The van der Waals surface area contributed by atoms with E-state index in [-0.39, 0.29) is 11.8 Å². The van der Waals surface area contributed by atoms with Crippen molar-refractivity contribution in [3.63, 3.8) is 0 Å². The molecule has 0 bridgehead atoms. The number of rotatable bonds is 5. The van der Waals surface area contributed by atoms with Crippen LogP contribution >= 0.6 is 23.2 Å². The molecule has 0 aliphatic carbocycles. The van der Waals surface area contributed by atoms with Crippen LogP contribution in [0.25, 0.3) is 0 Å². The molecule has 0 heterocycles. The van der Waals surface area contributed by atoms with Crippen LogP contribution in [-0.2, 0) is 9.84 Å². The van der Waals surface area contributed by atoms with Gasteiger partial charge in [0.05, 0.1) is 15.8 Å². The molecule has 0 amide bonds. The lowest BCUT2D eigenvalue weighted by Crippen LogP contribution is -2.25. The van der Waals surface area contributed by atoms with E-state index in [4.69, 9.17) is 23.2 Å². The molecular formula is C11H15Cl2NO2S. The van der Waals surface area contributed by atoms with Crippen LogP contribution in [0.3, 0.4) is 0 Å². The predicted molar refractivity (Wildman–Crippen MR) is 72.6 cm³/mol. The lowest BCUT2D eigenvalue weighted by atomic mass is 10.1. The summed E-state index contributed by atoms with van der Waals surface area (Å²) in [7, 11) is -2.93. The third-order valence-corrected chi connectivity index (χ3v) is 4.05. The van der Waals surface area contributed by atoms with Crippen LogP contribution in [0.2, 0.25) is 10.0 Å². The van der Waals surface area contributed by atoms with Crippen molar-refractivity contribution in [2.24, 2.45) is 0 Å². The molecule has 1 aromatic rings. The van der Waals surface area contributed by atoms with Gasteiger partial charge >= 0.3 is 0 Å². The molecule has 1 aromatic carbocycles. The lowest BCUT2D eigenvalue weighted by molar-refractivity contribution is 0.576. The van der Waals surface area contributed by atoms with Gasteiger partial charge in [0.1, 0.15) is 9.84 Å². The SMILES string of the molecule is CC(NCCS(C)(=O)=O)c1ccc(Cl)c(Cl)c1. The number of halogens is 2. The van der Waals surface area contributed by atoms with Crippen molar-refractivity contribution in [2.75, 3.05) is 18.6 Å². The molecule has 1 rings (SSSR count). The zero-order valence-corrected chi connectivity index (χ0v) is 12.0. The second-order valence-electron chi connectivity index (χ2n) is 3.98. The van der Waals surface area contributed by atoms with Gasteiger partial charge in [-0.25, -0.2) is 8.42 Å². The quantitative estimate of drug-likeness (QED) is 0.908. The molecule has 0 aliphatic rings. The van der Waals surface area contributed by atoms with Crippen LogP contribution in [0.5, 0.6) is 0 Å². The van der Waals surface area contributed by atoms with Gasteiger partial charge in [-0.1, -0.05) is 29.3 Å². The minimum atomic E-state index is -2.93. The van der Waals surface area contributed by atoms with Gasteiger partial charge in [-0.3, -0.25) is 0 Å². The number of sulfone groups is 1. The van der Waals surface area contributed by atoms with Gasteiger partial charge in [-0.2, -0.15) is 0 Å². The summed E-state index contributed by atoms with van der Waals surface area (Å²) in [6.45, 7) is 2.36. The van der Waals surface area contributed by atoms with Gasteiger partial charge in [-0.15, -0.1) is 0 Å². The van der Waals surface area contributed by atoms with Crippen LogP contribution in [0.4, 0.5) is 0 Å². The standard InChI is InChI=1S/C11H15Cl2NO2S/c1-8(14-5-6-17(2,15)16)9-3-4-10(12)11(13)7-9/h3-4,7-8,14H,5-6H2,1-2H3. The van der Waals surface area contributed by atoms with E-state index in [1.54, 1.807) is 12.1 Å². The summed E-state index contributed by atoms with van der Waals surface area (Å²) >= 11 is 11.7. The molecule has 1 N–H and O–H groups in total. The zero-order valence-electron chi connectivity index (χ0n) is 9.70. The van der Waals surface area contributed by atoms with E-state index in [0.29, 0.717) is 16.6 Å². The fraction of sp³-hybridized carbons (Fsp3) is 0.455. The second kappa shape index (κ2) is 6.05. The van der Waals surface area contributed by atoms with Gasteiger partial charge in [0, 0.05) is 18.8 Å². The van der Waals surface area contributed by atoms with Crippen molar-refractivity contribution >= 4 is 33.0 Å². The molecule has 96 valence electrons. The van der Waals surface area contributed by atoms with E-state index in [2.05, 4.69) is 5.32 Å². The van der Waals surface area contributed by atoms with Crippen LogP contribution in [0.1, 0.15) is 18.5 Å². The third kappa shape index (κ3) is 5.25. The van der Waals surface area contributed by atoms with Crippen LogP contribution in [0.15, 0.2) is 18.2 Å². The van der Waals surface area contributed by atoms with Crippen molar-refractivity contribution in [1.82, 2.24) is 5.32 Å². The summed E-state index contributed by atoms with van der Waals surface area (Å²) in [6.07, 6.45) is 1.22. The van der Waals surface area contributed by atoms with E-state index >= 15 is 0 Å². The average Bonchev–Trinajstić information content (AvgIpc) is 2.20. The summed E-state index contributed by atoms with van der Waals surface area (Å²) in [6, 6.07) is 5.41. The minimum absolute atomic E-state index is 0.0338. The Morgan fingerprint density at radius 3 is 2.47 bits per heavy atom. The fourth-order valence-corrected chi connectivity index (χ4v) is 2.16. The number of nitrogens with one attached hydrogen (secondary N) is 1. The predicted octanol–water partition coefficient (Wildman–Crippen LogP) is 2.69. The van der Waals surface area contributed by atoms with Gasteiger partial charge < -0.3 is 5.32 Å². The summed E-state index contributed by atoms with van der Waals surface area (Å²) in [4.78, 5) is 0. The van der Waals surface area contributed by atoms with Gasteiger partial charge in [-0.05, 0) is 24.6 Å². The second-order valence-corrected chi connectivity index (χ2v) is 7.05. The Morgan fingerprint density at radius 1 is 1.29 bits per heavy atom. The lowest BCUT2D eigenvalue weighted by Gasteiger charge is -2.14. The highest BCUT2D eigenvalue weighted by atomic mass is 35.5.